The van der Waals surface area contributed by atoms with Crippen LogP contribution in [0, 0.1) is 0 Å². The maximum absolute atomic E-state index is 4.44. The zero-order valence-electron chi connectivity index (χ0n) is 11.4. The zero-order valence-corrected chi connectivity index (χ0v) is 11.4. The molecule has 0 fully saturated rings. The number of aliphatic imine (C=N–C) groups is 1. The van der Waals surface area contributed by atoms with Gasteiger partial charge in [0, 0.05) is 20.1 Å². The molecule has 0 rings (SSSR count). The van der Waals surface area contributed by atoms with Crippen molar-refractivity contribution in [2.45, 2.75) is 32.6 Å². The second-order valence-electron chi connectivity index (χ2n) is 4.04. The van der Waals surface area contributed by atoms with Gasteiger partial charge in [-0.05, 0) is 26.2 Å². The summed E-state index contributed by atoms with van der Waals surface area (Å²) in [5.41, 5.74) is 0. The van der Waals surface area contributed by atoms with Crippen molar-refractivity contribution in [2.24, 2.45) is 4.99 Å². The number of hydrogen-bond donors (Lipinski definition) is 1. The summed E-state index contributed by atoms with van der Waals surface area (Å²) >= 11 is 0. The molecule has 0 saturated carbocycles. The van der Waals surface area contributed by atoms with Crippen LogP contribution in [0.5, 0.6) is 0 Å². The van der Waals surface area contributed by atoms with Crippen molar-refractivity contribution in [1.82, 2.24) is 10.2 Å². The van der Waals surface area contributed by atoms with E-state index in [1.165, 1.54) is 19.3 Å². The number of unbranched alkanes of at least 4 members (excludes halogenated alkanes) is 3. The summed E-state index contributed by atoms with van der Waals surface area (Å²) in [4.78, 5) is 6.63. The minimum absolute atomic E-state index is 0.670. The summed E-state index contributed by atoms with van der Waals surface area (Å²) in [5, 5.41) is 3.28. The number of allylic oxidation sites excluding steroid dienone is 1. The van der Waals surface area contributed by atoms with Crippen LogP contribution in [0.1, 0.15) is 32.6 Å². The lowest BCUT2D eigenvalue weighted by Crippen LogP contribution is -2.39. The number of hydrogen-bond acceptors (Lipinski definition) is 1. The number of nitrogens with zero attached hydrogens (tertiary/aromatic N) is 2. The maximum atomic E-state index is 4.44. The van der Waals surface area contributed by atoms with E-state index in [-0.39, 0.29) is 0 Å². The Morgan fingerprint density at radius 1 is 1.24 bits per heavy atom. The minimum atomic E-state index is 0.670. The van der Waals surface area contributed by atoms with Gasteiger partial charge in [0.15, 0.2) is 5.96 Å². The second kappa shape index (κ2) is 11.2. The molecule has 0 aliphatic heterocycles. The zero-order chi connectivity index (χ0) is 12.9. The lowest BCUT2D eigenvalue weighted by molar-refractivity contribution is 0.456. The summed E-state index contributed by atoms with van der Waals surface area (Å²) < 4.78 is 0. The van der Waals surface area contributed by atoms with Crippen LogP contribution in [0.25, 0.3) is 0 Å². The molecule has 0 aromatic carbocycles. The quantitative estimate of drug-likeness (QED) is 0.289. The van der Waals surface area contributed by atoms with Crippen molar-refractivity contribution < 1.29 is 0 Å². The van der Waals surface area contributed by atoms with Crippen molar-refractivity contribution >= 4 is 5.96 Å². The van der Waals surface area contributed by atoms with Gasteiger partial charge in [0.2, 0.25) is 0 Å². The molecular weight excluding hydrogens is 210 g/mol. The Balaban J connectivity index is 3.91. The first-order chi connectivity index (χ1) is 8.26. The summed E-state index contributed by atoms with van der Waals surface area (Å²) in [7, 11) is 2.08. The van der Waals surface area contributed by atoms with E-state index in [1.54, 1.807) is 0 Å². The molecule has 0 spiro atoms. The van der Waals surface area contributed by atoms with E-state index in [9.17, 15) is 0 Å². The third kappa shape index (κ3) is 8.55. The van der Waals surface area contributed by atoms with Crippen molar-refractivity contribution in [1.29, 1.82) is 0 Å². The monoisotopic (exact) mass is 237 g/mol. The Labute approximate surface area is 106 Å². The number of guanidine groups is 1. The molecule has 0 atom stereocenters. The molecule has 0 aromatic rings. The van der Waals surface area contributed by atoms with E-state index in [2.05, 4.69) is 42.3 Å². The van der Waals surface area contributed by atoms with E-state index >= 15 is 0 Å². The highest BCUT2D eigenvalue weighted by Gasteiger charge is 2.03. The Morgan fingerprint density at radius 3 is 2.59 bits per heavy atom. The molecule has 17 heavy (non-hydrogen) atoms. The fourth-order valence-corrected chi connectivity index (χ4v) is 1.54. The van der Waals surface area contributed by atoms with Crippen LogP contribution >= 0.6 is 0 Å². The highest BCUT2D eigenvalue weighted by atomic mass is 15.3. The van der Waals surface area contributed by atoms with Gasteiger partial charge in [0.1, 0.15) is 0 Å². The normalized spacial score (nSPS) is 11.1. The predicted molar refractivity (Wildman–Crippen MR) is 77.5 cm³/mol. The molecule has 0 aromatic heterocycles. The lowest BCUT2D eigenvalue weighted by atomic mass is 10.2. The lowest BCUT2D eigenvalue weighted by Gasteiger charge is -2.21. The smallest absolute Gasteiger partial charge is 0.193 e. The highest BCUT2D eigenvalue weighted by molar-refractivity contribution is 5.79. The Bertz CT molecular complexity index is 234. The largest absolute Gasteiger partial charge is 0.357 e. The van der Waals surface area contributed by atoms with Gasteiger partial charge in [-0.25, -0.2) is 4.99 Å². The van der Waals surface area contributed by atoms with E-state index < -0.39 is 0 Å². The molecule has 0 aliphatic carbocycles. The fraction of sp³-hybridized carbons (Fsp3) is 0.643. The molecule has 0 saturated heterocycles. The van der Waals surface area contributed by atoms with E-state index in [1.807, 2.05) is 12.2 Å². The summed E-state index contributed by atoms with van der Waals surface area (Å²) in [6, 6.07) is 0. The molecule has 0 unspecified atom stereocenters. The third-order valence-electron chi connectivity index (χ3n) is 2.47. The van der Waals surface area contributed by atoms with Gasteiger partial charge in [0.25, 0.3) is 0 Å². The van der Waals surface area contributed by atoms with Gasteiger partial charge in [0.05, 0.1) is 6.54 Å². The molecule has 3 heteroatoms. The van der Waals surface area contributed by atoms with Gasteiger partial charge in [-0.3, -0.25) is 0 Å². The first kappa shape index (κ1) is 15.8. The fourth-order valence-electron chi connectivity index (χ4n) is 1.54. The molecule has 3 nitrogen and oxygen atoms in total. The van der Waals surface area contributed by atoms with Crippen LogP contribution in [0.15, 0.2) is 30.3 Å². The first-order valence-electron chi connectivity index (χ1n) is 6.47. The Morgan fingerprint density at radius 2 is 2.00 bits per heavy atom. The van der Waals surface area contributed by atoms with Gasteiger partial charge < -0.3 is 10.2 Å². The van der Waals surface area contributed by atoms with Gasteiger partial charge in [-0.2, -0.15) is 0 Å². The van der Waals surface area contributed by atoms with Crippen LogP contribution < -0.4 is 5.32 Å². The van der Waals surface area contributed by atoms with Gasteiger partial charge >= 0.3 is 0 Å². The van der Waals surface area contributed by atoms with Crippen LogP contribution in [0.3, 0.4) is 0 Å². The summed E-state index contributed by atoms with van der Waals surface area (Å²) in [6.07, 6.45) is 8.60. The molecule has 0 aliphatic rings. The van der Waals surface area contributed by atoms with E-state index in [4.69, 9.17) is 0 Å². The molecule has 98 valence electrons. The topological polar surface area (TPSA) is 27.6 Å². The van der Waals surface area contributed by atoms with Gasteiger partial charge in [-0.15, -0.1) is 13.2 Å². The van der Waals surface area contributed by atoms with Crippen LogP contribution in [-0.4, -0.2) is 37.5 Å². The van der Waals surface area contributed by atoms with Crippen molar-refractivity contribution in [3.8, 4) is 0 Å². The standard InChI is InChI=1S/C14H27N3/c1-5-8-9-10-11-13-17(4)14(15-7-3)16-12-6-2/h5-6H,1-2,7-13H2,3-4H3,(H,15,16). The predicted octanol–water partition coefficient (Wildman–Crippen LogP) is 2.82. The minimum Gasteiger partial charge on any atom is -0.357 e. The number of rotatable bonds is 9. The average Bonchev–Trinajstić information content (AvgIpc) is 2.34. The van der Waals surface area contributed by atoms with E-state index in [0.29, 0.717) is 6.54 Å². The average molecular weight is 237 g/mol. The van der Waals surface area contributed by atoms with Crippen molar-refractivity contribution in [2.75, 3.05) is 26.7 Å². The highest BCUT2D eigenvalue weighted by Crippen LogP contribution is 2.01. The van der Waals surface area contributed by atoms with Crippen LogP contribution in [-0.2, 0) is 0 Å². The van der Waals surface area contributed by atoms with Crippen molar-refractivity contribution in [3.63, 3.8) is 0 Å². The number of nitrogens with one attached hydrogen (secondary N) is 1. The third-order valence-corrected chi connectivity index (χ3v) is 2.47. The molecule has 0 radical (unpaired) electrons. The van der Waals surface area contributed by atoms with E-state index in [0.717, 1.165) is 25.5 Å². The van der Waals surface area contributed by atoms with Crippen LogP contribution in [0.4, 0.5) is 0 Å². The second-order valence-corrected chi connectivity index (χ2v) is 4.04. The van der Waals surface area contributed by atoms with Crippen LogP contribution in [0.2, 0.25) is 0 Å². The molecule has 0 amide bonds. The first-order valence-corrected chi connectivity index (χ1v) is 6.47. The molecule has 1 N–H and O–H groups in total. The van der Waals surface area contributed by atoms with Crippen molar-refractivity contribution in [3.05, 3.63) is 25.3 Å². The summed E-state index contributed by atoms with van der Waals surface area (Å²) in [5.74, 6) is 0.969. The SMILES string of the molecule is C=CCCCCCN(C)C(=NCC=C)NCC. The molecule has 0 bridgehead atoms. The Kier molecular flexibility index (Phi) is 10.4. The molecular formula is C14H27N3. The maximum Gasteiger partial charge on any atom is 0.193 e. The Hall–Kier alpha value is -1.25. The summed E-state index contributed by atoms with van der Waals surface area (Å²) in [6.45, 7) is 12.1. The molecule has 0 heterocycles. The van der Waals surface area contributed by atoms with Gasteiger partial charge in [-0.1, -0.05) is 18.6 Å².